The Kier molecular flexibility index (Phi) is 3.24. The highest BCUT2D eigenvalue weighted by molar-refractivity contribution is 6.32. The van der Waals surface area contributed by atoms with Crippen LogP contribution in [0.25, 0.3) is 0 Å². The van der Waals surface area contributed by atoms with Crippen molar-refractivity contribution >= 4 is 23.2 Å². The lowest BCUT2D eigenvalue weighted by molar-refractivity contribution is -0.206. The second-order valence-electron chi connectivity index (χ2n) is 2.49. The number of hydrogen-bond acceptors (Lipinski definition) is 2. The van der Waals surface area contributed by atoms with Crippen LogP contribution in [-0.4, -0.2) is 16.3 Å². The first-order valence-electron chi connectivity index (χ1n) is 3.38. The molecule has 14 heavy (non-hydrogen) atoms. The molecule has 1 aromatic heterocycles. The number of hydrogen-bond donors (Lipinski definition) is 1. The lowest BCUT2D eigenvalue weighted by Crippen LogP contribution is -2.20. The monoisotopic (exact) mass is 245 g/mol. The van der Waals surface area contributed by atoms with Gasteiger partial charge in [0.2, 0.25) is 0 Å². The zero-order chi connectivity index (χ0) is 10.9. The molecule has 1 aromatic rings. The number of aliphatic hydroxyl groups excluding tert-OH is 1. The maximum absolute atomic E-state index is 12.0. The Hall–Kier alpha value is -0.520. The summed E-state index contributed by atoms with van der Waals surface area (Å²) in [7, 11) is 0. The molecule has 1 atom stereocenters. The number of pyridine rings is 1. The van der Waals surface area contributed by atoms with E-state index in [1.807, 2.05) is 0 Å². The van der Waals surface area contributed by atoms with Gasteiger partial charge in [-0.15, -0.1) is 0 Å². The predicted octanol–water partition coefficient (Wildman–Crippen LogP) is 2.98. The highest BCUT2D eigenvalue weighted by Crippen LogP contribution is 2.33. The maximum atomic E-state index is 12.0. The second kappa shape index (κ2) is 3.92. The van der Waals surface area contributed by atoms with Gasteiger partial charge in [0.05, 0.1) is 0 Å². The van der Waals surface area contributed by atoms with Gasteiger partial charge in [0.15, 0.2) is 6.10 Å². The highest BCUT2D eigenvalue weighted by atomic mass is 35.5. The fourth-order valence-electron chi connectivity index (χ4n) is 0.830. The van der Waals surface area contributed by atoms with Crippen molar-refractivity contribution in [1.82, 2.24) is 4.98 Å². The van der Waals surface area contributed by atoms with Gasteiger partial charge in [0.1, 0.15) is 10.3 Å². The number of rotatable bonds is 1. The number of nitrogens with zero attached hydrogens (tertiary/aromatic N) is 1. The van der Waals surface area contributed by atoms with E-state index in [0.717, 1.165) is 12.1 Å². The first kappa shape index (κ1) is 11.6. The minimum absolute atomic E-state index is 0.198. The average molecular weight is 246 g/mol. The molecule has 0 unspecified atom stereocenters. The van der Waals surface area contributed by atoms with Gasteiger partial charge in [-0.3, -0.25) is 0 Å². The predicted molar refractivity (Wildman–Crippen MR) is 45.3 cm³/mol. The second-order valence-corrected chi connectivity index (χ2v) is 3.26. The zero-order valence-electron chi connectivity index (χ0n) is 6.52. The molecule has 1 rings (SSSR count). The quantitative estimate of drug-likeness (QED) is 0.772. The minimum Gasteiger partial charge on any atom is -0.379 e. The van der Waals surface area contributed by atoms with Crippen LogP contribution in [0.1, 0.15) is 11.7 Å². The van der Waals surface area contributed by atoms with Crippen LogP contribution in [0.15, 0.2) is 12.1 Å². The van der Waals surface area contributed by atoms with Gasteiger partial charge in [-0.2, -0.15) is 13.2 Å². The highest BCUT2D eigenvalue weighted by Gasteiger charge is 2.39. The molecule has 0 saturated carbocycles. The molecule has 1 N–H and O–H groups in total. The minimum atomic E-state index is -4.74. The van der Waals surface area contributed by atoms with E-state index in [-0.39, 0.29) is 10.3 Å². The molecule has 2 nitrogen and oxygen atoms in total. The van der Waals surface area contributed by atoms with Crippen LogP contribution >= 0.6 is 23.2 Å². The molecular weight excluding hydrogens is 242 g/mol. The van der Waals surface area contributed by atoms with E-state index in [2.05, 4.69) is 4.98 Å². The normalized spacial score (nSPS) is 14.1. The Labute approximate surface area is 87.3 Å². The van der Waals surface area contributed by atoms with Gasteiger partial charge in [0.25, 0.3) is 0 Å². The van der Waals surface area contributed by atoms with Gasteiger partial charge in [-0.05, 0) is 17.7 Å². The van der Waals surface area contributed by atoms with Crippen molar-refractivity contribution in [2.75, 3.05) is 0 Å². The van der Waals surface area contributed by atoms with Crippen molar-refractivity contribution in [3.8, 4) is 0 Å². The standard InChI is InChI=1S/C7H4Cl2F3NO/c8-4-1-3(2-5(9)13-4)6(14)7(10,11)12/h1-2,6,14H/t6-/m1/s1. The van der Waals surface area contributed by atoms with Gasteiger partial charge < -0.3 is 5.11 Å². The molecular formula is C7H4Cl2F3NO. The van der Waals surface area contributed by atoms with Crippen LogP contribution in [0, 0.1) is 0 Å². The molecule has 0 fully saturated rings. The van der Waals surface area contributed by atoms with Crippen LogP contribution in [0.4, 0.5) is 13.2 Å². The Morgan fingerprint density at radius 3 is 2.00 bits per heavy atom. The Bertz CT molecular complexity index is 322. The summed E-state index contributed by atoms with van der Waals surface area (Å²) in [5.41, 5.74) is -0.428. The summed E-state index contributed by atoms with van der Waals surface area (Å²) in [6, 6.07) is 1.82. The van der Waals surface area contributed by atoms with Crippen molar-refractivity contribution < 1.29 is 18.3 Å². The summed E-state index contributed by atoms with van der Waals surface area (Å²) < 4.78 is 36.1. The van der Waals surface area contributed by atoms with Crippen molar-refractivity contribution in [2.45, 2.75) is 12.3 Å². The molecule has 0 aliphatic carbocycles. The number of alkyl halides is 3. The molecule has 0 spiro atoms. The van der Waals surface area contributed by atoms with Crippen molar-refractivity contribution in [2.24, 2.45) is 0 Å². The van der Waals surface area contributed by atoms with Gasteiger partial charge >= 0.3 is 6.18 Å². The summed E-state index contributed by atoms with van der Waals surface area (Å²) in [4.78, 5) is 3.45. The first-order valence-corrected chi connectivity index (χ1v) is 4.14. The van der Waals surface area contributed by atoms with Gasteiger partial charge in [-0.25, -0.2) is 4.98 Å². The van der Waals surface area contributed by atoms with Crippen LogP contribution in [0.2, 0.25) is 10.3 Å². The summed E-state index contributed by atoms with van der Waals surface area (Å²) in [5, 5.41) is 8.44. The van der Waals surface area contributed by atoms with E-state index in [1.165, 1.54) is 0 Å². The van der Waals surface area contributed by atoms with E-state index in [1.54, 1.807) is 0 Å². The summed E-state index contributed by atoms with van der Waals surface area (Å²) in [6.07, 6.45) is -7.34. The number of aliphatic hydroxyl groups is 1. The first-order chi connectivity index (χ1) is 6.30. The third kappa shape index (κ3) is 2.73. The third-order valence-electron chi connectivity index (χ3n) is 1.41. The molecule has 0 aliphatic rings. The summed E-state index contributed by atoms with van der Waals surface area (Å²) >= 11 is 10.7. The number of halogens is 5. The van der Waals surface area contributed by atoms with Crippen molar-refractivity contribution in [1.29, 1.82) is 0 Å². The van der Waals surface area contributed by atoms with Crippen LogP contribution < -0.4 is 0 Å². The van der Waals surface area contributed by atoms with E-state index < -0.39 is 17.8 Å². The van der Waals surface area contributed by atoms with E-state index >= 15 is 0 Å². The molecule has 0 radical (unpaired) electrons. The fraction of sp³-hybridized carbons (Fsp3) is 0.286. The molecule has 0 saturated heterocycles. The lowest BCUT2D eigenvalue weighted by Gasteiger charge is -2.14. The Balaban J connectivity index is 3.07. The molecule has 0 aromatic carbocycles. The number of aromatic nitrogens is 1. The molecule has 7 heteroatoms. The van der Waals surface area contributed by atoms with Crippen LogP contribution in [0.5, 0.6) is 0 Å². The topological polar surface area (TPSA) is 33.1 Å². The lowest BCUT2D eigenvalue weighted by atomic mass is 10.1. The van der Waals surface area contributed by atoms with E-state index in [9.17, 15) is 13.2 Å². The van der Waals surface area contributed by atoms with Gasteiger partial charge in [0, 0.05) is 0 Å². The van der Waals surface area contributed by atoms with E-state index in [4.69, 9.17) is 28.3 Å². The third-order valence-corrected chi connectivity index (χ3v) is 1.80. The van der Waals surface area contributed by atoms with Crippen LogP contribution in [-0.2, 0) is 0 Å². The largest absolute Gasteiger partial charge is 0.418 e. The van der Waals surface area contributed by atoms with Crippen molar-refractivity contribution in [3.63, 3.8) is 0 Å². The van der Waals surface area contributed by atoms with E-state index in [0.29, 0.717) is 0 Å². The average Bonchev–Trinajstić information content (AvgIpc) is 1.99. The fourth-order valence-corrected chi connectivity index (χ4v) is 1.31. The molecule has 78 valence electrons. The molecule has 0 amide bonds. The van der Waals surface area contributed by atoms with Gasteiger partial charge in [-0.1, -0.05) is 23.2 Å². The Morgan fingerprint density at radius 2 is 1.64 bits per heavy atom. The van der Waals surface area contributed by atoms with Crippen molar-refractivity contribution in [3.05, 3.63) is 28.0 Å². The van der Waals surface area contributed by atoms with Crippen LogP contribution in [0.3, 0.4) is 0 Å². The molecule has 0 bridgehead atoms. The SMILES string of the molecule is O[C@H](c1cc(Cl)nc(Cl)c1)C(F)(F)F. The smallest absolute Gasteiger partial charge is 0.379 e. The molecule has 0 aliphatic heterocycles. The molecule has 1 heterocycles. The summed E-state index contributed by atoms with van der Waals surface area (Å²) in [5.74, 6) is 0. The zero-order valence-corrected chi connectivity index (χ0v) is 8.03. The maximum Gasteiger partial charge on any atom is 0.418 e. The summed E-state index contributed by atoms with van der Waals surface area (Å²) in [6.45, 7) is 0. The Morgan fingerprint density at radius 1 is 1.21 bits per heavy atom.